The minimum absolute atomic E-state index is 0. The van der Waals surface area contributed by atoms with E-state index in [1.165, 1.54) is 4.90 Å². The number of carbonyl (C=O) groups is 1. The number of nitrogens with zero attached hydrogens (tertiary/aromatic N) is 1. The minimum atomic E-state index is -3.11. The summed E-state index contributed by atoms with van der Waals surface area (Å²) in [5.74, 6) is 0.372. The lowest BCUT2D eigenvalue weighted by Crippen LogP contribution is -2.44. The Bertz CT molecular complexity index is 590. The Morgan fingerprint density at radius 2 is 1.87 bits per heavy atom. The van der Waals surface area contributed by atoms with E-state index in [2.05, 4.69) is 0 Å². The number of carbonyl (C=O) groups excluding carboxylic acids is 1. The van der Waals surface area contributed by atoms with E-state index < -0.39 is 15.9 Å². The molecule has 1 amide bonds. The molecule has 0 radical (unpaired) electrons. The molecule has 0 heterocycles. The highest BCUT2D eigenvalue weighted by Gasteiger charge is 2.19. The van der Waals surface area contributed by atoms with Crippen molar-refractivity contribution in [3.8, 4) is 5.75 Å². The molecule has 1 atom stereocenters. The lowest BCUT2D eigenvalue weighted by molar-refractivity contribution is -0.131. The third-order valence-corrected chi connectivity index (χ3v) is 4.19. The summed E-state index contributed by atoms with van der Waals surface area (Å²) in [6, 6.07) is 6.83. The third kappa shape index (κ3) is 8.78. The predicted octanol–water partition coefficient (Wildman–Crippen LogP) is 1.02. The van der Waals surface area contributed by atoms with Gasteiger partial charge in [0.15, 0.2) is 0 Å². The smallest absolute Gasteiger partial charge is 0.239 e. The van der Waals surface area contributed by atoms with Crippen LogP contribution in [0.3, 0.4) is 0 Å². The highest BCUT2D eigenvalue weighted by Crippen LogP contribution is 2.11. The second-order valence-electron chi connectivity index (χ2n) is 5.45. The van der Waals surface area contributed by atoms with Gasteiger partial charge in [0.1, 0.15) is 22.2 Å². The molecule has 23 heavy (non-hydrogen) atoms. The zero-order chi connectivity index (χ0) is 16.8. The standard InChI is InChI=1S/C15H24N2O4S.ClH/c1-12-4-6-13(7-5-12)21-10-9-17(2)15(18)14(16)8-11-22(3,19)20;/h4-7,14H,8-11,16H2,1-3H3;1H. The van der Waals surface area contributed by atoms with Crippen LogP contribution in [0.4, 0.5) is 0 Å². The number of rotatable bonds is 8. The summed E-state index contributed by atoms with van der Waals surface area (Å²) >= 11 is 0. The summed E-state index contributed by atoms with van der Waals surface area (Å²) in [5.41, 5.74) is 6.88. The van der Waals surface area contributed by atoms with Gasteiger partial charge in [0.05, 0.1) is 18.3 Å². The normalized spacial score (nSPS) is 12.2. The minimum Gasteiger partial charge on any atom is -0.492 e. The molecule has 2 N–H and O–H groups in total. The Kier molecular flexibility index (Phi) is 9.19. The van der Waals surface area contributed by atoms with Gasteiger partial charge in [-0.2, -0.15) is 0 Å². The maximum absolute atomic E-state index is 12.0. The second-order valence-corrected chi connectivity index (χ2v) is 7.71. The van der Waals surface area contributed by atoms with Crippen molar-refractivity contribution in [2.24, 2.45) is 5.73 Å². The zero-order valence-corrected chi connectivity index (χ0v) is 15.3. The highest BCUT2D eigenvalue weighted by atomic mass is 35.5. The number of nitrogens with two attached hydrogens (primary N) is 1. The topological polar surface area (TPSA) is 89.7 Å². The Labute approximate surface area is 144 Å². The van der Waals surface area contributed by atoms with Gasteiger partial charge in [0.2, 0.25) is 5.91 Å². The molecule has 0 aliphatic heterocycles. The van der Waals surface area contributed by atoms with Crippen molar-refractivity contribution in [2.75, 3.05) is 32.2 Å². The Morgan fingerprint density at radius 1 is 1.30 bits per heavy atom. The number of amides is 1. The Balaban J connectivity index is 0.00000484. The van der Waals surface area contributed by atoms with Crippen LogP contribution in [0.15, 0.2) is 24.3 Å². The summed E-state index contributed by atoms with van der Waals surface area (Å²) in [4.78, 5) is 13.5. The molecular formula is C15H25ClN2O4S. The van der Waals surface area contributed by atoms with Crippen LogP contribution in [-0.2, 0) is 14.6 Å². The van der Waals surface area contributed by atoms with Crippen molar-refractivity contribution in [1.29, 1.82) is 0 Å². The first-order valence-electron chi connectivity index (χ1n) is 7.07. The summed E-state index contributed by atoms with van der Waals surface area (Å²) in [5, 5.41) is 0. The van der Waals surface area contributed by atoms with Crippen molar-refractivity contribution in [1.82, 2.24) is 4.90 Å². The lowest BCUT2D eigenvalue weighted by Gasteiger charge is -2.21. The quantitative estimate of drug-likeness (QED) is 0.743. The Hall–Kier alpha value is -1.31. The van der Waals surface area contributed by atoms with Gasteiger partial charge in [-0.05, 0) is 25.5 Å². The number of hydrogen-bond acceptors (Lipinski definition) is 5. The molecule has 1 aromatic rings. The largest absolute Gasteiger partial charge is 0.492 e. The molecule has 8 heteroatoms. The number of halogens is 1. The third-order valence-electron chi connectivity index (χ3n) is 3.21. The molecule has 1 rings (SSSR count). The zero-order valence-electron chi connectivity index (χ0n) is 13.7. The average Bonchev–Trinajstić information content (AvgIpc) is 2.45. The molecule has 1 unspecified atom stereocenters. The first kappa shape index (κ1) is 21.7. The van der Waals surface area contributed by atoms with Crippen LogP contribution in [0.1, 0.15) is 12.0 Å². The number of hydrogen-bond donors (Lipinski definition) is 1. The monoisotopic (exact) mass is 364 g/mol. The predicted molar refractivity (Wildman–Crippen MR) is 93.9 cm³/mol. The van der Waals surface area contributed by atoms with Crippen molar-refractivity contribution >= 4 is 28.2 Å². The number of sulfone groups is 1. The first-order valence-corrected chi connectivity index (χ1v) is 9.13. The van der Waals surface area contributed by atoms with Gasteiger partial charge in [0, 0.05) is 13.3 Å². The van der Waals surface area contributed by atoms with Crippen molar-refractivity contribution in [3.63, 3.8) is 0 Å². The van der Waals surface area contributed by atoms with E-state index >= 15 is 0 Å². The summed E-state index contributed by atoms with van der Waals surface area (Å²) in [6.07, 6.45) is 1.25. The van der Waals surface area contributed by atoms with Gasteiger partial charge in [-0.3, -0.25) is 4.79 Å². The van der Waals surface area contributed by atoms with Crippen LogP contribution >= 0.6 is 12.4 Å². The van der Waals surface area contributed by atoms with E-state index in [0.717, 1.165) is 17.6 Å². The van der Waals surface area contributed by atoms with Gasteiger partial charge in [-0.15, -0.1) is 12.4 Å². The van der Waals surface area contributed by atoms with Crippen LogP contribution in [0, 0.1) is 6.92 Å². The molecule has 0 aliphatic carbocycles. The molecule has 0 fully saturated rings. The van der Waals surface area contributed by atoms with Crippen molar-refractivity contribution in [2.45, 2.75) is 19.4 Å². The number of aryl methyl sites for hydroxylation is 1. The lowest BCUT2D eigenvalue weighted by atomic mass is 10.2. The van der Waals surface area contributed by atoms with E-state index in [4.69, 9.17) is 10.5 Å². The molecule has 1 aromatic carbocycles. The molecule has 0 saturated carbocycles. The van der Waals surface area contributed by atoms with Gasteiger partial charge >= 0.3 is 0 Å². The van der Waals surface area contributed by atoms with Crippen LogP contribution in [0.25, 0.3) is 0 Å². The molecule has 6 nitrogen and oxygen atoms in total. The Morgan fingerprint density at radius 3 is 2.39 bits per heavy atom. The summed E-state index contributed by atoms with van der Waals surface area (Å²) in [7, 11) is -1.48. The maximum atomic E-state index is 12.0. The van der Waals surface area contributed by atoms with Gasteiger partial charge in [-0.1, -0.05) is 17.7 Å². The molecule has 0 aromatic heterocycles. The molecule has 0 spiro atoms. The van der Waals surface area contributed by atoms with Crippen molar-refractivity contribution in [3.05, 3.63) is 29.8 Å². The van der Waals surface area contributed by atoms with Crippen LogP contribution < -0.4 is 10.5 Å². The van der Waals surface area contributed by atoms with Gasteiger partial charge < -0.3 is 15.4 Å². The van der Waals surface area contributed by atoms with E-state index in [1.807, 2.05) is 31.2 Å². The van der Waals surface area contributed by atoms with E-state index in [9.17, 15) is 13.2 Å². The molecule has 132 valence electrons. The molecule has 0 bridgehead atoms. The molecular weight excluding hydrogens is 340 g/mol. The average molecular weight is 365 g/mol. The van der Waals surface area contributed by atoms with Gasteiger partial charge in [0.25, 0.3) is 0 Å². The fourth-order valence-corrected chi connectivity index (χ4v) is 2.47. The highest BCUT2D eigenvalue weighted by molar-refractivity contribution is 7.90. The van der Waals surface area contributed by atoms with E-state index in [0.29, 0.717) is 13.2 Å². The van der Waals surface area contributed by atoms with Crippen LogP contribution in [0.2, 0.25) is 0 Å². The summed E-state index contributed by atoms with van der Waals surface area (Å²) in [6.45, 7) is 2.73. The second kappa shape index (κ2) is 9.75. The van der Waals surface area contributed by atoms with E-state index in [-0.39, 0.29) is 30.5 Å². The van der Waals surface area contributed by atoms with E-state index in [1.54, 1.807) is 7.05 Å². The first-order chi connectivity index (χ1) is 10.2. The number of benzene rings is 1. The number of likely N-dealkylation sites (N-methyl/N-ethyl adjacent to an activating group) is 1. The molecule has 0 aliphatic rings. The fraction of sp³-hybridized carbons (Fsp3) is 0.533. The molecule has 0 saturated heterocycles. The van der Waals surface area contributed by atoms with Crippen LogP contribution in [-0.4, -0.2) is 57.5 Å². The number of ether oxygens (including phenoxy) is 1. The fourth-order valence-electron chi connectivity index (χ4n) is 1.79. The maximum Gasteiger partial charge on any atom is 0.239 e. The SMILES string of the molecule is Cc1ccc(OCCN(C)C(=O)C(N)CCS(C)(=O)=O)cc1.Cl. The van der Waals surface area contributed by atoms with Crippen molar-refractivity contribution < 1.29 is 17.9 Å². The van der Waals surface area contributed by atoms with Gasteiger partial charge in [-0.25, -0.2) is 8.42 Å². The summed E-state index contributed by atoms with van der Waals surface area (Å²) < 4.78 is 27.7. The van der Waals surface area contributed by atoms with Crippen LogP contribution in [0.5, 0.6) is 5.75 Å².